The zero-order chi connectivity index (χ0) is 11.5. The van der Waals surface area contributed by atoms with Crippen molar-refractivity contribution in [3.63, 3.8) is 0 Å². The molecule has 0 N–H and O–H groups in total. The number of nitriles is 1. The van der Waals surface area contributed by atoms with Gasteiger partial charge in [-0.15, -0.1) is 0 Å². The molecule has 0 atom stereocenters. The predicted molar refractivity (Wildman–Crippen MR) is 64.6 cm³/mol. The molecule has 3 nitrogen and oxygen atoms in total. The van der Waals surface area contributed by atoms with Gasteiger partial charge in [-0.1, -0.05) is 28.1 Å². The zero-order valence-corrected chi connectivity index (χ0v) is 10.2. The largest absolute Gasteiger partial charge is 0.233 e. The number of hydrogen-bond acceptors (Lipinski definition) is 3. The van der Waals surface area contributed by atoms with E-state index in [1.165, 1.54) is 0 Å². The number of aryl methyl sites for hydroxylation is 1. The molecule has 0 aliphatic rings. The summed E-state index contributed by atoms with van der Waals surface area (Å²) in [5.74, 6) is 0.587. The van der Waals surface area contributed by atoms with Crippen LogP contribution < -0.4 is 0 Å². The van der Waals surface area contributed by atoms with E-state index in [1.54, 1.807) is 6.07 Å². The molecule has 0 amide bonds. The third-order valence-electron chi connectivity index (χ3n) is 2.07. The first kappa shape index (κ1) is 10.8. The molecule has 16 heavy (non-hydrogen) atoms. The van der Waals surface area contributed by atoms with Crippen LogP contribution in [0.1, 0.15) is 11.4 Å². The van der Waals surface area contributed by atoms with Crippen LogP contribution in [-0.2, 0) is 0 Å². The molecule has 0 saturated heterocycles. The van der Waals surface area contributed by atoms with Crippen LogP contribution in [0.4, 0.5) is 0 Å². The van der Waals surface area contributed by atoms with Crippen LogP contribution in [0.5, 0.6) is 0 Å². The SMILES string of the molecule is Cc1cc(C#N)nc(-c2ccc(Br)cc2)n1. The van der Waals surface area contributed by atoms with Crippen molar-refractivity contribution in [2.45, 2.75) is 6.92 Å². The van der Waals surface area contributed by atoms with Crippen LogP contribution in [0.3, 0.4) is 0 Å². The first-order valence-electron chi connectivity index (χ1n) is 4.71. The van der Waals surface area contributed by atoms with Crippen molar-refractivity contribution in [3.8, 4) is 17.5 Å². The van der Waals surface area contributed by atoms with Crippen LogP contribution in [0, 0.1) is 18.3 Å². The highest BCUT2D eigenvalue weighted by Gasteiger charge is 2.04. The molecule has 0 saturated carbocycles. The van der Waals surface area contributed by atoms with Gasteiger partial charge in [0.25, 0.3) is 0 Å². The first-order chi connectivity index (χ1) is 7.69. The van der Waals surface area contributed by atoms with Gasteiger partial charge in [-0.2, -0.15) is 5.26 Å². The normalized spacial score (nSPS) is 9.81. The molecule has 4 heteroatoms. The van der Waals surface area contributed by atoms with Crippen molar-refractivity contribution in [3.05, 3.63) is 46.2 Å². The maximum Gasteiger partial charge on any atom is 0.160 e. The molecule has 0 radical (unpaired) electrons. The number of aromatic nitrogens is 2. The highest BCUT2D eigenvalue weighted by molar-refractivity contribution is 9.10. The Hall–Kier alpha value is -1.73. The molecule has 0 unspecified atom stereocenters. The highest BCUT2D eigenvalue weighted by Crippen LogP contribution is 2.18. The molecule has 1 aromatic heterocycles. The molecule has 1 heterocycles. The summed E-state index contributed by atoms with van der Waals surface area (Å²) in [6.45, 7) is 1.85. The summed E-state index contributed by atoms with van der Waals surface area (Å²) < 4.78 is 1.00. The lowest BCUT2D eigenvalue weighted by atomic mass is 10.2. The summed E-state index contributed by atoms with van der Waals surface area (Å²) in [4.78, 5) is 8.47. The fourth-order valence-electron chi connectivity index (χ4n) is 1.35. The maximum atomic E-state index is 8.83. The second-order valence-electron chi connectivity index (χ2n) is 3.34. The second-order valence-corrected chi connectivity index (χ2v) is 4.25. The summed E-state index contributed by atoms with van der Waals surface area (Å²) in [5, 5.41) is 8.83. The van der Waals surface area contributed by atoms with Crippen LogP contribution in [0.2, 0.25) is 0 Å². The van der Waals surface area contributed by atoms with Gasteiger partial charge in [0.2, 0.25) is 0 Å². The van der Waals surface area contributed by atoms with Crippen LogP contribution in [0.25, 0.3) is 11.4 Å². The van der Waals surface area contributed by atoms with Crippen molar-refractivity contribution >= 4 is 15.9 Å². The van der Waals surface area contributed by atoms with Crippen molar-refractivity contribution in [1.82, 2.24) is 9.97 Å². The second kappa shape index (κ2) is 4.42. The van der Waals surface area contributed by atoms with Gasteiger partial charge in [-0.05, 0) is 25.1 Å². The molecule has 0 bridgehead atoms. The lowest BCUT2D eigenvalue weighted by Gasteiger charge is -2.02. The fraction of sp³-hybridized carbons (Fsp3) is 0.0833. The van der Waals surface area contributed by atoms with Crippen LogP contribution in [0.15, 0.2) is 34.8 Å². The molecular formula is C12H8BrN3. The Kier molecular flexibility index (Phi) is 2.97. The lowest BCUT2D eigenvalue weighted by Crippen LogP contribution is -1.94. The Labute approximate surface area is 102 Å². The van der Waals surface area contributed by atoms with E-state index in [0.717, 1.165) is 15.7 Å². The van der Waals surface area contributed by atoms with E-state index in [9.17, 15) is 0 Å². The van der Waals surface area contributed by atoms with Crippen molar-refractivity contribution in [2.24, 2.45) is 0 Å². The third kappa shape index (κ3) is 2.26. The molecule has 78 valence electrons. The monoisotopic (exact) mass is 273 g/mol. The zero-order valence-electron chi connectivity index (χ0n) is 8.61. The third-order valence-corrected chi connectivity index (χ3v) is 2.60. The molecule has 2 aromatic rings. The summed E-state index contributed by atoms with van der Waals surface area (Å²) in [5.41, 5.74) is 2.10. The maximum absolute atomic E-state index is 8.83. The molecule has 0 fully saturated rings. The van der Waals surface area contributed by atoms with E-state index in [1.807, 2.05) is 37.3 Å². The Balaban J connectivity index is 2.52. The summed E-state index contributed by atoms with van der Waals surface area (Å²) in [6, 6.07) is 11.4. The van der Waals surface area contributed by atoms with Gasteiger partial charge in [0.15, 0.2) is 5.82 Å². The Morgan fingerprint density at radius 2 is 1.88 bits per heavy atom. The number of nitrogens with zero attached hydrogens (tertiary/aromatic N) is 3. The Morgan fingerprint density at radius 1 is 1.19 bits per heavy atom. The quantitative estimate of drug-likeness (QED) is 0.802. The first-order valence-corrected chi connectivity index (χ1v) is 5.50. The number of rotatable bonds is 1. The molecule has 2 rings (SSSR count). The Morgan fingerprint density at radius 3 is 2.50 bits per heavy atom. The minimum absolute atomic E-state index is 0.394. The van der Waals surface area contributed by atoms with E-state index in [-0.39, 0.29) is 0 Å². The standard InChI is InChI=1S/C12H8BrN3/c1-8-6-11(7-14)16-12(15-8)9-2-4-10(13)5-3-9/h2-6H,1H3. The number of benzene rings is 1. The van der Waals surface area contributed by atoms with Gasteiger partial charge in [-0.3, -0.25) is 0 Å². The minimum atomic E-state index is 0.394. The van der Waals surface area contributed by atoms with E-state index in [0.29, 0.717) is 11.5 Å². The van der Waals surface area contributed by atoms with Gasteiger partial charge in [0.1, 0.15) is 11.8 Å². The summed E-state index contributed by atoms with van der Waals surface area (Å²) in [6.07, 6.45) is 0. The van der Waals surface area contributed by atoms with E-state index in [4.69, 9.17) is 5.26 Å². The Bertz CT molecular complexity index is 555. The van der Waals surface area contributed by atoms with E-state index >= 15 is 0 Å². The van der Waals surface area contributed by atoms with Gasteiger partial charge in [0, 0.05) is 15.7 Å². The predicted octanol–water partition coefficient (Wildman–Crippen LogP) is 3.09. The number of halogens is 1. The van der Waals surface area contributed by atoms with Gasteiger partial charge < -0.3 is 0 Å². The lowest BCUT2D eigenvalue weighted by molar-refractivity contribution is 1.09. The molecule has 0 aliphatic heterocycles. The van der Waals surface area contributed by atoms with E-state index in [2.05, 4.69) is 25.9 Å². The van der Waals surface area contributed by atoms with Crippen molar-refractivity contribution < 1.29 is 0 Å². The minimum Gasteiger partial charge on any atom is -0.233 e. The van der Waals surface area contributed by atoms with E-state index < -0.39 is 0 Å². The van der Waals surface area contributed by atoms with Gasteiger partial charge in [0.05, 0.1) is 0 Å². The molecule has 1 aromatic carbocycles. The van der Waals surface area contributed by atoms with Gasteiger partial charge >= 0.3 is 0 Å². The molecule has 0 aliphatic carbocycles. The van der Waals surface area contributed by atoms with Crippen LogP contribution >= 0.6 is 15.9 Å². The van der Waals surface area contributed by atoms with Crippen molar-refractivity contribution in [2.75, 3.05) is 0 Å². The fourth-order valence-corrected chi connectivity index (χ4v) is 1.62. The summed E-state index contributed by atoms with van der Waals surface area (Å²) in [7, 11) is 0. The average molecular weight is 274 g/mol. The molecule has 0 spiro atoms. The number of hydrogen-bond donors (Lipinski definition) is 0. The topological polar surface area (TPSA) is 49.6 Å². The summed E-state index contributed by atoms with van der Waals surface area (Å²) >= 11 is 3.37. The van der Waals surface area contributed by atoms with Gasteiger partial charge in [-0.25, -0.2) is 9.97 Å². The highest BCUT2D eigenvalue weighted by atomic mass is 79.9. The van der Waals surface area contributed by atoms with Crippen molar-refractivity contribution in [1.29, 1.82) is 5.26 Å². The average Bonchev–Trinajstić information content (AvgIpc) is 2.29. The van der Waals surface area contributed by atoms with Crippen LogP contribution in [-0.4, -0.2) is 9.97 Å². The smallest absolute Gasteiger partial charge is 0.160 e. The molecular weight excluding hydrogens is 266 g/mol.